The second kappa shape index (κ2) is 7.38. The molecular formula is C15H24BrN3O. The van der Waals surface area contributed by atoms with Crippen LogP contribution in [0.1, 0.15) is 18.4 Å². The Morgan fingerprint density at radius 1 is 1.40 bits per heavy atom. The Morgan fingerprint density at radius 3 is 2.70 bits per heavy atom. The highest BCUT2D eigenvalue weighted by atomic mass is 79.9. The molecule has 1 aliphatic heterocycles. The van der Waals surface area contributed by atoms with Crippen molar-refractivity contribution in [1.29, 1.82) is 0 Å². The zero-order chi connectivity index (χ0) is 14.5. The van der Waals surface area contributed by atoms with Crippen LogP contribution in [0.25, 0.3) is 0 Å². The van der Waals surface area contributed by atoms with Gasteiger partial charge in [0, 0.05) is 29.3 Å². The molecule has 0 unspecified atom stereocenters. The quantitative estimate of drug-likeness (QED) is 0.823. The maximum atomic E-state index is 5.37. The maximum Gasteiger partial charge on any atom is 0.218 e. The predicted molar refractivity (Wildman–Crippen MR) is 85.0 cm³/mol. The number of hydrogen-bond acceptors (Lipinski definition) is 4. The van der Waals surface area contributed by atoms with Gasteiger partial charge in [0.25, 0.3) is 0 Å². The van der Waals surface area contributed by atoms with Crippen molar-refractivity contribution in [3.63, 3.8) is 0 Å². The monoisotopic (exact) mass is 341 g/mol. The lowest BCUT2D eigenvalue weighted by Gasteiger charge is -2.33. The fraction of sp³-hybridized carbons (Fsp3) is 0.667. The van der Waals surface area contributed by atoms with Gasteiger partial charge in [0.2, 0.25) is 5.88 Å². The summed E-state index contributed by atoms with van der Waals surface area (Å²) in [5.41, 5.74) is 1.15. The standard InChI is InChI=1S/C15H24BrN3O/c1-18(2)10-12-5-8-19(9-6-12)11-13-14(16)4-7-17-15(13)20-3/h4,7,12H,5-6,8-11H2,1-3H3. The number of aromatic nitrogens is 1. The van der Waals surface area contributed by atoms with Gasteiger partial charge in [0.05, 0.1) is 7.11 Å². The van der Waals surface area contributed by atoms with Crippen molar-refractivity contribution in [3.8, 4) is 5.88 Å². The molecule has 1 aromatic heterocycles. The van der Waals surface area contributed by atoms with Crippen molar-refractivity contribution in [3.05, 3.63) is 22.3 Å². The Labute approximate surface area is 130 Å². The van der Waals surface area contributed by atoms with Crippen LogP contribution in [0, 0.1) is 5.92 Å². The van der Waals surface area contributed by atoms with E-state index in [1.807, 2.05) is 6.07 Å². The molecule has 1 saturated heterocycles. The maximum absolute atomic E-state index is 5.37. The fourth-order valence-electron chi connectivity index (χ4n) is 2.84. The number of likely N-dealkylation sites (tertiary alicyclic amines) is 1. The van der Waals surface area contributed by atoms with Crippen LogP contribution in [0.15, 0.2) is 16.7 Å². The average Bonchev–Trinajstić information content (AvgIpc) is 2.42. The Morgan fingerprint density at radius 2 is 2.10 bits per heavy atom. The van der Waals surface area contributed by atoms with Gasteiger partial charge in [-0.05, 0) is 52.0 Å². The molecule has 0 N–H and O–H groups in total. The molecule has 0 aromatic carbocycles. The van der Waals surface area contributed by atoms with Gasteiger partial charge in [0.1, 0.15) is 0 Å². The first-order chi connectivity index (χ1) is 9.60. The van der Waals surface area contributed by atoms with E-state index in [1.165, 1.54) is 19.4 Å². The molecule has 2 heterocycles. The van der Waals surface area contributed by atoms with Gasteiger partial charge in [-0.25, -0.2) is 4.98 Å². The average molecular weight is 342 g/mol. The zero-order valence-electron chi connectivity index (χ0n) is 12.6. The van der Waals surface area contributed by atoms with Crippen molar-refractivity contribution < 1.29 is 4.74 Å². The van der Waals surface area contributed by atoms with E-state index in [4.69, 9.17) is 4.74 Å². The van der Waals surface area contributed by atoms with Crippen LogP contribution in [0.5, 0.6) is 5.88 Å². The van der Waals surface area contributed by atoms with E-state index in [0.717, 1.165) is 41.5 Å². The third-order valence-electron chi connectivity index (χ3n) is 3.86. The first-order valence-corrected chi connectivity index (χ1v) is 7.94. The zero-order valence-corrected chi connectivity index (χ0v) is 14.2. The van der Waals surface area contributed by atoms with Crippen LogP contribution in [0.3, 0.4) is 0 Å². The smallest absolute Gasteiger partial charge is 0.218 e. The Hall–Kier alpha value is -0.650. The molecule has 1 aromatic rings. The molecule has 2 rings (SSSR count). The summed E-state index contributed by atoms with van der Waals surface area (Å²) in [6.07, 6.45) is 4.33. The number of pyridine rings is 1. The van der Waals surface area contributed by atoms with Crippen LogP contribution in [-0.4, -0.2) is 55.6 Å². The lowest BCUT2D eigenvalue weighted by Crippen LogP contribution is -2.36. The van der Waals surface area contributed by atoms with Crippen molar-refractivity contribution >= 4 is 15.9 Å². The molecule has 1 aliphatic rings. The molecule has 0 radical (unpaired) electrons. The van der Waals surface area contributed by atoms with Gasteiger partial charge in [-0.1, -0.05) is 15.9 Å². The van der Waals surface area contributed by atoms with Gasteiger partial charge in [-0.15, -0.1) is 0 Å². The summed E-state index contributed by atoms with van der Waals surface area (Å²) in [4.78, 5) is 9.08. The first-order valence-electron chi connectivity index (χ1n) is 7.14. The SMILES string of the molecule is COc1nccc(Br)c1CN1CCC(CN(C)C)CC1. The van der Waals surface area contributed by atoms with Gasteiger partial charge in [-0.3, -0.25) is 4.90 Å². The van der Waals surface area contributed by atoms with Crippen LogP contribution < -0.4 is 4.74 Å². The van der Waals surface area contributed by atoms with E-state index in [1.54, 1.807) is 13.3 Å². The summed E-state index contributed by atoms with van der Waals surface area (Å²) in [5, 5.41) is 0. The number of hydrogen-bond donors (Lipinski definition) is 0. The van der Waals surface area contributed by atoms with Crippen molar-refractivity contribution in [2.75, 3.05) is 40.8 Å². The van der Waals surface area contributed by atoms with E-state index >= 15 is 0 Å². The number of methoxy groups -OCH3 is 1. The molecule has 5 heteroatoms. The molecule has 0 atom stereocenters. The third-order valence-corrected chi connectivity index (χ3v) is 4.61. The molecule has 4 nitrogen and oxygen atoms in total. The van der Waals surface area contributed by atoms with Gasteiger partial charge in [0.15, 0.2) is 0 Å². The van der Waals surface area contributed by atoms with E-state index in [0.29, 0.717) is 0 Å². The van der Waals surface area contributed by atoms with E-state index in [9.17, 15) is 0 Å². The Balaban J connectivity index is 1.93. The molecule has 0 aliphatic carbocycles. The molecule has 20 heavy (non-hydrogen) atoms. The highest BCUT2D eigenvalue weighted by Gasteiger charge is 2.21. The summed E-state index contributed by atoms with van der Waals surface area (Å²) >= 11 is 3.61. The van der Waals surface area contributed by atoms with E-state index in [-0.39, 0.29) is 0 Å². The number of halogens is 1. The van der Waals surface area contributed by atoms with Crippen LogP contribution in [0.2, 0.25) is 0 Å². The lowest BCUT2D eigenvalue weighted by molar-refractivity contribution is 0.155. The minimum Gasteiger partial charge on any atom is -0.481 e. The van der Waals surface area contributed by atoms with Gasteiger partial charge in [-0.2, -0.15) is 0 Å². The predicted octanol–water partition coefficient (Wildman–Crippen LogP) is 2.63. The third kappa shape index (κ3) is 4.17. The minimum atomic E-state index is 0.731. The number of piperidine rings is 1. The summed E-state index contributed by atoms with van der Waals surface area (Å²) in [7, 11) is 6.00. The Bertz CT molecular complexity index is 431. The largest absolute Gasteiger partial charge is 0.481 e. The van der Waals surface area contributed by atoms with E-state index in [2.05, 4.69) is 44.8 Å². The van der Waals surface area contributed by atoms with Gasteiger partial charge >= 0.3 is 0 Å². The second-order valence-electron chi connectivity index (χ2n) is 5.76. The summed E-state index contributed by atoms with van der Waals surface area (Å²) in [6, 6.07) is 1.98. The van der Waals surface area contributed by atoms with Gasteiger partial charge < -0.3 is 9.64 Å². The minimum absolute atomic E-state index is 0.731. The summed E-state index contributed by atoms with van der Waals surface area (Å²) < 4.78 is 6.45. The normalized spacial score (nSPS) is 17.6. The fourth-order valence-corrected chi connectivity index (χ4v) is 3.25. The summed E-state index contributed by atoms with van der Waals surface area (Å²) in [5.74, 6) is 1.57. The summed E-state index contributed by atoms with van der Waals surface area (Å²) in [6.45, 7) is 4.42. The highest BCUT2D eigenvalue weighted by molar-refractivity contribution is 9.10. The lowest BCUT2D eigenvalue weighted by atomic mass is 9.96. The molecule has 1 fully saturated rings. The molecular weight excluding hydrogens is 318 g/mol. The van der Waals surface area contributed by atoms with Crippen LogP contribution >= 0.6 is 15.9 Å². The number of rotatable bonds is 5. The Kier molecular flexibility index (Phi) is 5.81. The molecule has 112 valence electrons. The van der Waals surface area contributed by atoms with Crippen LogP contribution in [-0.2, 0) is 6.54 Å². The van der Waals surface area contributed by atoms with E-state index < -0.39 is 0 Å². The topological polar surface area (TPSA) is 28.6 Å². The second-order valence-corrected chi connectivity index (χ2v) is 6.62. The van der Waals surface area contributed by atoms with Crippen LogP contribution in [0.4, 0.5) is 0 Å². The first kappa shape index (κ1) is 15.7. The number of nitrogens with zero attached hydrogens (tertiary/aromatic N) is 3. The highest BCUT2D eigenvalue weighted by Crippen LogP contribution is 2.27. The molecule has 0 spiro atoms. The molecule has 0 saturated carbocycles. The molecule has 0 bridgehead atoms. The van der Waals surface area contributed by atoms with Crippen molar-refractivity contribution in [2.24, 2.45) is 5.92 Å². The number of ether oxygens (including phenoxy) is 1. The van der Waals surface area contributed by atoms with Crippen molar-refractivity contribution in [1.82, 2.24) is 14.8 Å². The van der Waals surface area contributed by atoms with Crippen molar-refractivity contribution in [2.45, 2.75) is 19.4 Å². The molecule has 0 amide bonds.